The van der Waals surface area contributed by atoms with Gasteiger partial charge in [-0.2, -0.15) is 5.10 Å². The highest BCUT2D eigenvalue weighted by Crippen LogP contribution is 2.49. The number of nitrogens with one attached hydrogen (secondary N) is 2. The summed E-state index contributed by atoms with van der Waals surface area (Å²) in [6.07, 6.45) is 5.49. The fourth-order valence-electron chi connectivity index (χ4n) is 4.78. The summed E-state index contributed by atoms with van der Waals surface area (Å²) in [5.41, 5.74) is 0.410. The maximum atomic E-state index is 12.5. The van der Waals surface area contributed by atoms with Crippen molar-refractivity contribution in [2.24, 2.45) is 17.8 Å². The second-order valence-corrected chi connectivity index (χ2v) is 7.42. The summed E-state index contributed by atoms with van der Waals surface area (Å²) in [6, 6.07) is 7.50. The quantitative estimate of drug-likeness (QED) is 0.906. The molecule has 2 aliphatic carbocycles. The topological polar surface area (TPSA) is 74.8 Å². The van der Waals surface area contributed by atoms with E-state index in [0.29, 0.717) is 17.0 Å². The van der Waals surface area contributed by atoms with Crippen molar-refractivity contribution in [1.29, 1.82) is 0 Å². The van der Waals surface area contributed by atoms with Gasteiger partial charge < -0.3 is 5.32 Å². The van der Waals surface area contributed by atoms with E-state index in [1.165, 1.54) is 25.7 Å². The van der Waals surface area contributed by atoms with Gasteiger partial charge >= 0.3 is 0 Å². The molecule has 2 aliphatic rings. The molecule has 126 valence electrons. The average molecular weight is 325 g/mol. The lowest BCUT2D eigenvalue weighted by molar-refractivity contribution is -0.121. The Morgan fingerprint density at radius 3 is 2.79 bits per heavy atom. The van der Waals surface area contributed by atoms with Gasteiger partial charge in [0, 0.05) is 11.4 Å². The van der Waals surface area contributed by atoms with Crippen LogP contribution in [0.1, 0.15) is 38.3 Å². The van der Waals surface area contributed by atoms with Crippen LogP contribution in [0.3, 0.4) is 0 Å². The van der Waals surface area contributed by atoms with Gasteiger partial charge in [-0.1, -0.05) is 24.6 Å². The molecule has 0 saturated heterocycles. The predicted molar refractivity (Wildman–Crippen MR) is 92.6 cm³/mol. The lowest BCUT2D eigenvalue weighted by atomic mass is 9.84. The van der Waals surface area contributed by atoms with Crippen LogP contribution in [0, 0.1) is 17.8 Å². The summed E-state index contributed by atoms with van der Waals surface area (Å²) in [7, 11) is 0. The zero-order chi connectivity index (χ0) is 16.7. The number of hydrogen-bond donors (Lipinski definition) is 2. The van der Waals surface area contributed by atoms with Crippen molar-refractivity contribution in [3.8, 4) is 0 Å². The largest absolute Gasteiger partial charge is 0.353 e. The van der Waals surface area contributed by atoms with Gasteiger partial charge in [0.05, 0.1) is 17.5 Å². The standard InChI is InChI=1S/C19H23N3O2/c1-11(16-9-12-6-7-13(16)8-12)20-18(23)10-17-14-4-2-3-5-15(14)19(24)22-21-17/h2-5,11-13,16H,6-10H2,1H3,(H,20,23)(H,22,24)/t11-,12-,13-,16+/m0/s1. The van der Waals surface area contributed by atoms with E-state index in [1.807, 2.05) is 18.2 Å². The van der Waals surface area contributed by atoms with Crippen molar-refractivity contribution in [2.45, 2.75) is 45.1 Å². The van der Waals surface area contributed by atoms with E-state index in [4.69, 9.17) is 0 Å². The Hall–Kier alpha value is -2.17. The highest BCUT2D eigenvalue weighted by atomic mass is 16.1. The maximum absolute atomic E-state index is 12.5. The summed E-state index contributed by atoms with van der Waals surface area (Å²) in [6.45, 7) is 2.13. The third kappa shape index (κ3) is 2.72. The van der Waals surface area contributed by atoms with Crippen LogP contribution in [0.4, 0.5) is 0 Å². The van der Waals surface area contributed by atoms with Crippen molar-refractivity contribution >= 4 is 16.7 Å². The fraction of sp³-hybridized carbons (Fsp3) is 0.526. The van der Waals surface area contributed by atoms with E-state index in [2.05, 4.69) is 22.4 Å². The number of fused-ring (bicyclic) bond motifs is 3. The van der Waals surface area contributed by atoms with Crippen LogP contribution in [0.2, 0.25) is 0 Å². The van der Waals surface area contributed by atoms with Gasteiger partial charge in [0.1, 0.15) is 0 Å². The third-order valence-electron chi connectivity index (χ3n) is 5.93. The van der Waals surface area contributed by atoms with E-state index < -0.39 is 0 Å². The Kier molecular flexibility index (Phi) is 3.87. The van der Waals surface area contributed by atoms with Crippen LogP contribution >= 0.6 is 0 Å². The SMILES string of the molecule is C[C@H](NC(=O)Cc1n[nH]c(=O)c2ccccc12)[C@H]1C[C@H]2CC[C@H]1C2. The first kappa shape index (κ1) is 15.4. The molecule has 2 fully saturated rings. The van der Waals surface area contributed by atoms with Gasteiger partial charge in [0.25, 0.3) is 5.56 Å². The zero-order valence-corrected chi connectivity index (χ0v) is 13.9. The monoisotopic (exact) mass is 325 g/mol. The van der Waals surface area contributed by atoms with Crippen LogP contribution in [0.5, 0.6) is 0 Å². The van der Waals surface area contributed by atoms with E-state index >= 15 is 0 Å². The van der Waals surface area contributed by atoms with E-state index in [9.17, 15) is 9.59 Å². The van der Waals surface area contributed by atoms with Crippen LogP contribution < -0.4 is 10.9 Å². The molecule has 0 radical (unpaired) electrons. The van der Waals surface area contributed by atoms with Gasteiger partial charge in [-0.25, -0.2) is 5.10 Å². The molecule has 1 aromatic carbocycles. The molecule has 1 heterocycles. The number of rotatable bonds is 4. The van der Waals surface area contributed by atoms with Gasteiger partial charge in [-0.3, -0.25) is 9.59 Å². The van der Waals surface area contributed by atoms with Crippen LogP contribution in [-0.2, 0) is 11.2 Å². The first-order valence-corrected chi connectivity index (χ1v) is 8.87. The molecule has 4 atom stereocenters. The lowest BCUT2D eigenvalue weighted by Crippen LogP contribution is -2.41. The van der Waals surface area contributed by atoms with Crippen molar-refractivity contribution in [1.82, 2.24) is 15.5 Å². The number of aromatic nitrogens is 2. The first-order chi connectivity index (χ1) is 11.6. The van der Waals surface area contributed by atoms with Gasteiger partial charge in [-0.05, 0) is 50.0 Å². The first-order valence-electron chi connectivity index (χ1n) is 8.87. The molecule has 2 saturated carbocycles. The zero-order valence-electron chi connectivity index (χ0n) is 13.9. The molecule has 2 aromatic rings. The summed E-state index contributed by atoms with van der Waals surface area (Å²) in [5, 5.41) is 11.1. The molecule has 0 spiro atoms. The molecule has 2 N–H and O–H groups in total. The molecular formula is C19H23N3O2. The molecule has 24 heavy (non-hydrogen) atoms. The number of nitrogens with zero attached hydrogens (tertiary/aromatic N) is 1. The Balaban J connectivity index is 1.47. The van der Waals surface area contributed by atoms with Crippen LogP contribution in [-0.4, -0.2) is 22.1 Å². The number of carbonyl (C=O) groups is 1. The van der Waals surface area contributed by atoms with Gasteiger partial charge in [0.2, 0.25) is 5.91 Å². The molecule has 1 aromatic heterocycles. The Bertz CT molecular complexity index is 829. The maximum Gasteiger partial charge on any atom is 0.272 e. The van der Waals surface area contributed by atoms with Crippen molar-refractivity contribution in [2.75, 3.05) is 0 Å². The minimum absolute atomic E-state index is 0.0185. The number of H-pyrrole nitrogens is 1. The number of amides is 1. The van der Waals surface area contributed by atoms with E-state index in [1.54, 1.807) is 6.07 Å². The molecule has 5 nitrogen and oxygen atoms in total. The molecule has 1 amide bonds. The number of hydrogen-bond acceptors (Lipinski definition) is 3. The summed E-state index contributed by atoms with van der Waals surface area (Å²) in [5.74, 6) is 2.27. The Labute approximate surface area is 140 Å². The predicted octanol–water partition coefficient (Wildman–Crippen LogP) is 2.41. The lowest BCUT2D eigenvalue weighted by Gasteiger charge is -2.28. The number of aromatic amines is 1. The fourth-order valence-corrected chi connectivity index (χ4v) is 4.78. The molecular weight excluding hydrogens is 302 g/mol. The van der Waals surface area contributed by atoms with Crippen molar-refractivity contribution < 1.29 is 4.79 Å². The molecule has 0 aliphatic heterocycles. The normalized spacial score (nSPS) is 26.6. The van der Waals surface area contributed by atoms with E-state index in [-0.39, 0.29) is 23.9 Å². The number of carbonyl (C=O) groups excluding carboxylic acids is 1. The van der Waals surface area contributed by atoms with Gasteiger partial charge in [0.15, 0.2) is 0 Å². The molecule has 2 bridgehead atoms. The Morgan fingerprint density at radius 2 is 2.08 bits per heavy atom. The van der Waals surface area contributed by atoms with Crippen molar-refractivity contribution in [3.05, 3.63) is 40.3 Å². The smallest absolute Gasteiger partial charge is 0.272 e. The van der Waals surface area contributed by atoms with Crippen LogP contribution in [0.25, 0.3) is 10.8 Å². The highest BCUT2D eigenvalue weighted by Gasteiger charge is 2.42. The minimum Gasteiger partial charge on any atom is -0.353 e. The summed E-state index contributed by atoms with van der Waals surface area (Å²) in [4.78, 5) is 24.3. The van der Waals surface area contributed by atoms with E-state index in [0.717, 1.165) is 17.2 Å². The summed E-state index contributed by atoms with van der Waals surface area (Å²) < 4.78 is 0. The average Bonchev–Trinajstić information content (AvgIpc) is 3.21. The third-order valence-corrected chi connectivity index (χ3v) is 5.93. The minimum atomic E-state index is -0.217. The molecule has 5 heteroatoms. The highest BCUT2D eigenvalue weighted by molar-refractivity contribution is 5.88. The van der Waals surface area contributed by atoms with Gasteiger partial charge in [-0.15, -0.1) is 0 Å². The Morgan fingerprint density at radius 1 is 1.29 bits per heavy atom. The molecule has 0 unspecified atom stereocenters. The summed E-state index contributed by atoms with van der Waals surface area (Å²) >= 11 is 0. The second-order valence-electron chi connectivity index (χ2n) is 7.42. The van der Waals surface area contributed by atoms with Crippen molar-refractivity contribution in [3.63, 3.8) is 0 Å². The second kappa shape index (κ2) is 6.04. The van der Waals surface area contributed by atoms with Crippen LogP contribution in [0.15, 0.2) is 29.1 Å². The number of benzene rings is 1. The molecule has 4 rings (SSSR count).